The molecule has 1 aromatic heterocycles. The normalized spacial score (nSPS) is 24.8. The number of aromatic nitrogens is 1. The zero-order valence-corrected chi connectivity index (χ0v) is 12.8. The molecule has 1 aromatic rings. The summed E-state index contributed by atoms with van der Waals surface area (Å²) in [6, 6.07) is 2.90. The average molecular weight is 325 g/mol. The summed E-state index contributed by atoms with van der Waals surface area (Å²) < 4.78 is 24.1. The van der Waals surface area contributed by atoms with Crippen LogP contribution < -0.4 is 4.90 Å². The van der Waals surface area contributed by atoms with Crippen LogP contribution in [0.1, 0.15) is 25.0 Å². The third-order valence-corrected chi connectivity index (χ3v) is 4.18. The van der Waals surface area contributed by atoms with Gasteiger partial charge in [-0.2, -0.15) is 0 Å². The number of rotatable bonds is 5. The number of hydrogen-bond acceptors (Lipinski definition) is 6. The first-order valence-electron chi connectivity index (χ1n) is 7.85. The van der Waals surface area contributed by atoms with Crippen molar-refractivity contribution in [1.82, 2.24) is 4.98 Å². The Balaban J connectivity index is 1.72. The van der Waals surface area contributed by atoms with Crippen LogP contribution in [0, 0.1) is 10.1 Å². The Kier molecular flexibility index (Phi) is 5.02. The van der Waals surface area contributed by atoms with Crippen LogP contribution in [-0.2, 0) is 16.1 Å². The number of ether oxygens (including phenoxy) is 2. The van der Waals surface area contributed by atoms with Crippen molar-refractivity contribution in [1.29, 1.82) is 0 Å². The third-order valence-electron chi connectivity index (χ3n) is 4.18. The van der Waals surface area contributed by atoms with Crippen molar-refractivity contribution in [2.75, 3.05) is 31.2 Å². The summed E-state index contributed by atoms with van der Waals surface area (Å²) in [5.41, 5.74) is 0.498. The minimum absolute atomic E-state index is 0.00474. The van der Waals surface area contributed by atoms with E-state index in [1.807, 2.05) is 4.90 Å². The summed E-state index contributed by atoms with van der Waals surface area (Å²) in [5, 5.41) is 11.1. The lowest BCUT2D eigenvalue weighted by Crippen LogP contribution is -2.36. The Morgan fingerprint density at radius 2 is 2.17 bits per heavy atom. The molecule has 1 saturated heterocycles. The third kappa shape index (κ3) is 4.14. The van der Waals surface area contributed by atoms with Gasteiger partial charge in [-0.1, -0.05) is 0 Å². The van der Waals surface area contributed by atoms with Gasteiger partial charge in [-0.3, -0.25) is 10.1 Å². The molecule has 2 heterocycles. The maximum absolute atomic E-state index is 13.2. The van der Waals surface area contributed by atoms with E-state index in [0.717, 1.165) is 0 Å². The topological polar surface area (TPSA) is 77.7 Å². The van der Waals surface area contributed by atoms with Crippen molar-refractivity contribution < 1.29 is 18.8 Å². The molecule has 3 rings (SSSR count). The van der Waals surface area contributed by atoms with E-state index in [9.17, 15) is 14.5 Å². The largest absolute Gasteiger partial charge is 0.378 e. The summed E-state index contributed by atoms with van der Waals surface area (Å²) in [6.07, 6.45) is 0.670. The van der Waals surface area contributed by atoms with E-state index in [4.69, 9.17) is 9.47 Å². The number of hydrogen-bond donors (Lipinski definition) is 0. The van der Waals surface area contributed by atoms with Gasteiger partial charge in [0.1, 0.15) is 12.0 Å². The standard InChI is InChI=1S/C15H20FN3O4/c16-11-1-2-14(7-11)23-10-12-8-13(19(20)21)9-15(17-12)18-3-5-22-6-4-18/h8-9,11,14H,1-7,10H2/t11-,14?/m1/s1. The minimum atomic E-state index is -0.804. The lowest BCUT2D eigenvalue weighted by atomic mass is 10.2. The van der Waals surface area contributed by atoms with Crippen molar-refractivity contribution >= 4 is 11.5 Å². The molecule has 1 aliphatic heterocycles. The van der Waals surface area contributed by atoms with Gasteiger partial charge in [-0.15, -0.1) is 0 Å². The molecule has 0 aromatic carbocycles. The van der Waals surface area contributed by atoms with Gasteiger partial charge in [0.15, 0.2) is 0 Å². The van der Waals surface area contributed by atoms with Gasteiger partial charge in [-0.05, 0) is 12.8 Å². The van der Waals surface area contributed by atoms with Gasteiger partial charge < -0.3 is 14.4 Å². The van der Waals surface area contributed by atoms with E-state index in [0.29, 0.717) is 57.1 Å². The van der Waals surface area contributed by atoms with Crippen LogP contribution in [0.2, 0.25) is 0 Å². The van der Waals surface area contributed by atoms with Gasteiger partial charge in [0.2, 0.25) is 0 Å². The minimum Gasteiger partial charge on any atom is -0.378 e. The monoisotopic (exact) mass is 325 g/mol. The molecule has 7 nitrogen and oxygen atoms in total. The molecular formula is C15H20FN3O4. The van der Waals surface area contributed by atoms with E-state index < -0.39 is 11.1 Å². The fraction of sp³-hybridized carbons (Fsp3) is 0.667. The van der Waals surface area contributed by atoms with Crippen molar-refractivity contribution in [3.63, 3.8) is 0 Å². The molecule has 2 atom stereocenters. The zero-order valence-electron chi connectivity index (χ0n) is 12.8. The lowest BCUT2D eigenvalue weighted by molar-refractivity contribution is -0.385. The summed E-state index contributed by atoms with van der Waals surface area (Å²) >= 11 is 0. The highest BCUT2D eigenvalue weighted by atomic mass is 19.1. The van der Waals surface area contributed by atoms with Gasteiger partial charge in [0, 0.05) is 25.6 Å². The fourth-order valence-corrected chi connectivity index (χ4v) is 2.93. The smallest absolute Gasteiger partial charge is 0.275 e. The summed E-state index contributed by atoms with van der Waals surface area (Å²) in [7, 11) is 0. The van der Waals surface area contributed by atoms with Gasteiger partial charge in [0.25, 0.3) is 5.69 Å². The molecule has 0 spiro atoms. The van der Waals surface area contributed by atoms with E-state index in [1.54, 1.807) is 0 Å². The molecule has 0 N–H and O–H groups in total. The van der Waals surface area contributed by atoms with Gasteiger partial charge in [0.05, 0.1) is 42.6 Å². The maximum Gasteiger partial charge on any atom is 0.275 e. The Morgan fingerprint density at radius 3 is 2.83 bits per heavy atom. The molecule has 1 saturated carbocycles. The van der Waals surface area contributed by atoms with Crippen molar-refractivity contribution in [3.8, 4) is 0 Å². The Morgan fingerprint density at radius 1 is 1.39 bits per heavy atom. The number of nitrogens with zero attached hydrogens (tertiary/aromatic N) is 3. The zero-order chi connectivity index (χ0) is 16.2. The SMILES string of the molecule is O=[N+]([O-])c1cc(COC2CC[C@@H](F)C2)nc(N2CCOCC2)c1. The second-order valence-electron chi connectivity index (χ2n) is 5.87. The first-order valence-corrected chi connectivity index (χ1v) is 7.85. The number of morpholine rings is 1. The summed E-state index contributed by atoms with van der Waals surface area (Å²) in [4.78, 5) is 17.1. The van der Waals surface area contributed by atoms with E-state index >= 15 is 0 Å². The molecule has 0 amide bonds. The van der Waals surface area contributed by atoms with Crippen LogP contribution in [-0.4, -0.2) is 48.5 Å². The quantitative estimate of drug-likeness (QED) is 0.610. The first kappa shape index (κ1) is 16.1. The predicted octanol–water partition coefficient (Wildman–Crippen LogP) is 2.23. The predicted molar refractivity (Wildman–Crippen MR) is 81.2 cm³/mol. The van der Waals surface area contributed by atoms with Crippen LogP contribution in [0.4, 0.5) is 15.9 Å². The number of alkyl halides is 1. The average Bonchev–Trinajstić information content (AvgIpc) is 2.99. The summed E-state index contributed by atoms with van der Waals surface area (Å²) in [5.74, 6) is 0.566. The molecule has 0 radical (unpaired) electrons. The number of pyridine rings is 1. The summed E-state index contributed by atoms with van der Waals surface area (Å²) in [6.45, 7) is 2.63. The maximum atomic E-state index is 13.2. The van der Waals surface area contributed by atoms with E-state index in [2.05, 4.69) is 4.98 Å². The lowest BCUT2D eigenvalue weighted by Gasteiger charge is -2.28. The van der Waals surface area contributed by atoms with Crippen LogP contribution in [0.25, 0.3) is 0 Å². The molecule has 1 unspecified atom stereocenters. The molecule has 1 aliphatic carbocycles. The Bertz CT molecular complexity index is 566. The van der Waals surface area contributed by atoms with Crippen LogP contribution >= 0.6 is 0 Å². The van der Waals surface area contributed by atoms with E-state index in [1.165, 1.54) is 12.1 Å². The second kappa shape index (κ2) is 7.18. The molecule has 2 aliphatic rings. The number of halogens is 1. The van der Waals surface area contributed by atoms with Gasteiger partial charge >= 0.3 is 0 Å². The van der Waals surface area contributed by atoms with Crippen LogP contribution in [0.3, 0.4) is 0 Å². The highest BCUT2D eigenvalue weighted by molar-refractivity contribution is 5.48. The van der Waals surface area contributed by atoms with E-state index in [-0.39, 0.29) is 18.4 Å². The molecule has 2 fully saturated rings. The second-order valence-corrected chi connectivity index (χ2v) is 5.87. The molecule has 8 heteroatoms. The highest BCUT2D eigenvalue weighted by Crippen LogP contribution is 2.26. The molecule has 126 valence electrons. The van der Waals surface area contributed by atoms with Crippen molar-refractivity contribution in [2.45, 2.75) is 38.1 Å². The first-order chi connectivity index (χ1) is 11.1. The van der Waals surface area contributed by atoms with Crippen molar-refractivity contribution in [3.05, 3.63) is 27.9 Å². The Hall–Kier alpha value is -1.80. The van der Waals surface area contributed by atoms with Crippen molar-refractivity contribution in [2.24, 2.45) is 0 Å². The molecular weight excluding hydrogens is 305 g/mol. The fourth-order valence-electron chi connectivity index (χ4n) is 2.93. The number of nitro groups is 1. The Labute approximate surface area is 133 Å². The molecule has 0 bridgehead atoms. The van der Waals surface area contributed by atoms with Gasteiger partial charge in [-0.25, -0.2) is 9.37 Å². The number of anilines is 1. The van der Waals surface area contributed by atoms with Crippen LogP contribution in [0.15, 0.2) is 12.1 Å². The molecule has 23 heavy (non-hydrogen) atoms. The van der Waals surface area contributed by atoms with Crippen LogP contribution in [0.5, 0.6) is 0 Å². The highest BCUT2D eigenvalue weighted by Gasteiger charge is 2.25.